The summed E-state index contributed by atoms with van der Waals surface area (Å²) in [5.74, 6) is -0.996. The van der Waals surface area contributed by atoms with Crippen molar-refractivity contribution in [2.45, 2.75) is 23.5 Å². The third kappa shape index (κ3) is 1.97. The van der Waals surface area contributed by atoms with Crippen molar-refractivity contribution in [1.82, 2.24) is 0 Å². The molecule has 96 valence electrons. The van der Waals surface area contributed by atoms with Crippen LogP contribution in [0, 0.1) is 0 Å². The molecule has 1 atom stereocenters. The monoisotopic (exact) mass is 267 g/mol. The van der Waals surface area contributed by atoms with Crippen molar-refractivity contribution in [2.75, 3.05) is 0 Å². The van der Waals surface area contributed by atoms with Crippen molar-refractivity contribution < 1.29 is 13.2 Å². The van der Waals surface area contributed by atoms with Crippen molar-refractivity contribution in [3.8, 4) is 0 Å². The van der Waals surface area contributed by atoms with E-state index in [-0.39, 0.29) is 16.4 Å². The maximum absolute atomic E-state index is 12.0. The molecule has 1 aromatic rings. The van der Waals surface area contributed by atoms with Crippen molar-refractivity contribution in [3.63, 3.8) is 0 Å². The van der Waals surface area contributed by atoms with Crippen LogP contribution in [0.25, 0.3) is 0 Å². The number of hydrogen-bond acceptors (Lipinski definition) is 3. The van der Waals surface area contributed by atoms with Gasteiger partial charge in [-0.15, -0.1) is 0 Å². The molecule has 18 heavy (non-hydrogen) atoms. The molecule has 1 aliphatic rings. The first-order valence-electron chi connectivity index (χ1n) is 5.33. The number of fused-ring (bicyclic) bond motifs is 1. The number of aliphatic imine (C=N–C) groups is 1. The van der Waals surface area contributed by atoms with Gasteiger partial charge in [0, 0.05) is 5.56 Å². The van der Waals surface area contributed by atoms with E-state index >= 15 is 0 Å². The first-order valence-corrected chi connectivity index (χ1v) is 6.88. The van der Waals surface area contributed by atoms with Crippen LogP contribution in [0.5, 0.6) is 0 Å². The van der Waals surface area contributed by atoms with E-state index in [2.05, 4.69) is 4.99 Å². The number of sulfone groups is 1. The van der Waals surface area contributed by atoms with Crippen LogP contribution < -0.4 is 11.5 Å². The molecule has 2 rings (SSSR count). The van der Waals surface area contributed by atoms with Gasteiger partial charge < -0.3 is 11.5 Å². The summed E-state index contributed by atoms with van der Waals surface area (Å²) in [7, 11) is -3.33. The van der Waals surface area contributed by atoms with E-state index in [4.69, 9.17) is 11.5 Å². The summed E-state index contributed by atoms with van der Waals surface area (Å²) >= 11 is 0. The van der Waals surface area contributed by atoms with Gasteiger partial charge in [0.2, 0.25) is 0 Å². The zero-order valence-electron chi connectivity index (χ0n) is 9.75. The zero-order chi connectivity index (χ0) is 13.5. The van der Waals surface area contributed by atoms with Gasteiger partial charge in [0.05, 0.1) is 10.1 Å². The van der Waals surface area contributed by atoms with E-state index in [0.717, 1.165) is 5.56 Å². The summed E-state index contributed by atoms with van der Waals surface area (Å²) in [5.41, 5.74) is 11.1. The zero-order valence-corrected chi connectivity index (χ0v) is 10.6. The smallest absolute Gasteiger partial charge is 0.280 e. The predicted octanol–water partition coefficient (Wildman–Crippen LogP) is -0.181. The van der Waals surface area contributed by atoms with Gasteiger partial charge in [0.1, 0.15) is 0 Å². The minimum absolute atomic E-state index is 0.167. The molecule has 1 amide bonds. The number of amides is 1. The molecule has 0 aliphatic carbocycles. The molecule has 0 radical (unpaired) electrons. The highest BCUT2D eigenvalue weighted by Crippen LogP contribution is 2.31. The minimum atomic E-state index is -3.33. The predicted molar refractivity (Wildman–Crippen MR) is 66.9 cm³/mol. The summed E-state index contributed by atoms with van der Waals surface area (Å²) in [4.78, 5) is 15.2. The molecule has 1 heterocycles. The average Bonchev–Trinajstić information content (AvgIpc) is 2.49. The summed E-state index contributed by atoms with van der Waals surface area (Å²) in [5, 5.41) is -0.457. The lowest BCUT2D eigenvalue weighted by molar-refractivity contribution is 0.100. The van der Waals surface area contributed by atoms with Gasteiger partial charge in [-0.3, -0.25) is 4.79 Å². The first kappa shape index (κ1) is 12.6. The summed E-state index contributed by atoms with van der Waals surface area (Å²) in [6.45, 7) is 1.65. The Labute approximate surface area is 105 Å². The topological polar surface area (TPSA) is 116 Å². The van der Waals surface area contributed by atoms with Crippen LogP contribution in [0.3, 0.4) is 0 Å². The highest BCUT2D eigenvalue weighted by atomic mass is 32.2. The van der Waals surface area contributed by atoms with Gasteiger partial charge in [-0.05, 0) is 31.0 Å². The summed E-state index contributed by atoms with van der Waals surface area (Å²) in [6.07, 6.45) is 0.467. The first-order chi connectivity index (χ1) is 8.32. The number of benzene rings is 1. The highest BCUT2D eigenvalue weighted by Gasteiger charge is 2.34. The van der Waals surface area contributed by atoms with Crippen molar-refractivity contribution in [2.24, 2.45) is 16.5 Å². The molecular weight excluding hydrogens is 254 g/mol. The van der Waals surface area contributed by atoms with E-state index in [1.54, 1.807) is 13.0 Å². The van der Waals surface area contributed by atoms with Crippen LogP contribution in [0.15, 0.2) is 28.1 Å². The van der Waals surface area contributed by atoms with E-state index < -0.39 is 21.0 Å². The van der Waals surface area contributed by atoms with E-state index in [1.807, 2.05) is 0 Å². The average molecular weight is 267 g/mol. The number of nitrogens with two attached hydrogens (primary N) is 2. The Balaban J connectivity index is 2.50. The molecule has 6 nitrogen and oxygen atoms in total. The maximum atomic E-state index is 12.0. The minimum Gasteiger partial charge on any atom is -0.370 e. The fourth-order valence-electron chi connectivity index (χ4n) is 1.94. The number of carbonyl (C=O) groups is 1. The third-order valence-electron chi connectivity index (χ3n) is 2.89. The summed E-state index contributed by atoms with van der Waals surface area (Å²) < 4.78 is 24.0. The molecule has 1 aromatic carbocycles. The van der Waals surface area contributed by atoms with Crippen LogP contribution in [0.2, 0.25) is 0 Å². The summed E-state index contributed by atoms with van der Waals surface area (Å²) in [6, 6.07) is 4.50. The second-order valence-electron chi connectivity index (χ2n) is 4.22. The maximum Gasteiger partial charge on any atom is 0.280 e. The van der Waals surface area contributed by atoms with Crippen LogP contribution in [-0.4, -0.2) is 25.5 Å². The normalized spacial score (nSPS) is 20.2. The highest BCUT2D eigenvalue weighted by molar-refractivity contribution is 7.92. The number of carbonyl (C=O) groups excluding carboxylic acids is 1. The molecule has 1 aliphatic heterocycles. The number of hydrogen-bond donors (Lipinski definition) is 2. The number of guanidine groups is 1. The largest absolute Gasteiger partial charge is 0.370 e. The Kier molecular flexibility index (Phi) is 2.86. The second-order valence-corrected chi connectivity index (χ2v) is 6.56. The van der Waals surface area contributed by atoms with E-state index in [0.29, 0.717) is 6.42 Å². The SMILES string of the molecule is CC1Cc2ccc(C(=O)N=C(N)N)cc2S1(=O)=O. The Morgan fingerprint density at radius 2 is 2.06 bits per heavy atom. The standard InChI is InChI=1S/C11H13N3O3S/c1-6-4-7-2-3-8(10(15)14-11(12)13)5-9(7)18(6,16)17/h2-3,5-6H,4H2,1H3,(H4,12,13,14,15). The molecule has 0 saturated carbocycles. The van der Waals surface area contributed by atoms with Gasteiger partial charge in [0.15, 0.2) is 15.8 Å². The number of nitrogens with zero attached hydrogens (tertiary/aromatic N) is 1. The fourth-order valence-corrected chi connectivity index (χ4v) is 3.58. The fraction of sp³-hybridized carbons (Fsp3) is 0.273. The molecule has 0 bridgehead atoms. The van der Waals surface area contributed by atoms with Crippen molar-refractivity contribution >= 4 is 21.7 Å². The quantitative estimate of drug-likeness (QED) is 0.541. The van der Waals surface area contributed by atoms with Crippen LogP contribution >= 0.6 is 0 Å². The second kappa shape index (κ2) is 4.09. The lowest BCUT2D eigenvalue weighted by Gasteiger charge is -2.02. The molecular formula is C11H13N3O3S. The van der Waals surface area contributed by atoms with E-state index in [1.165, 1.54) is 12.1 Å². The Bertz CT molecular complexity index is 645. The molecule has 0 fully saturated rings. The molecule has 0 spiro atoms. The van der Waals surface area contributed by atoms with Crippen LogP contribution in [0.1, 0.15) is 22.8 Å². The van der Waals surface area contributed by atoms with Gasteiger partial charge in [-0.1, -0.05) is 6.07 Å². The Morgan fingerprint density at radius 3 is 2.67 bits per heavy atom. The van der Waals surface area contributed by atoms with Crippen LogP contribution in [0.4, 0.5) is 0 Å². The van der Waals surface area contributed by atoms with Crippen molar-refractivity contribution in [1.29, 1.82) is 0 Å². The molecule has 0 aromatic heterocycles. The molecule has 1 unspecified atom stereocenters. The molecule has 7 heteroatoms. The van der Waals surface area contributed by atoms with E-state index in [9.17, 15) is 13.2 Å². The molecule has 4 N–H and O–H groups in total. The number of rotatable bonds is 1. The Morgan fingerprint density at radius 1 is 1.39 bits per heavy atom. The van der Waals surface area contributed by atoms with Gasteiger partial charge >= 0.3 is 0 Å². The third-order valence-corrected chi connectivity index (χ3v) is 5.11. The lowest BCUT2D eigenvalue weighted by atomic mass is 10.1. The van der Waals surface area contributed by atoms with Gasteiger partial charge in [-0.2, -0.15) is 4.99 Å². The lowest BCUT2D eigenvalue weighted by Crippen LogP contribution is -2.24. The van der Waals surface area contributed by atoms with Crippen molar-refractivity contribution in [3.05, 3.63) is 29.3 Å². The van der Waals surface area contributed by atoms with Gasteiger partial charge in [0.25, 0.3) is 5.91 Å². The molecule has 0 saturated heterocycles. The Hall–Kier alpha value is -1.89. The van der Waals surface area contributed by atoms with Gasteiger partial charge in [-0.25, -0.2) is 8.42 Å². The van der Waals surface area contributed by atoms with Crippen LogP contribution in [-0.2, 0) is 16.3 Å².